The molecule has 2 aromatic heterocycles. The van der Waals surface area contributed by atoms with E-state index in [1.165, 1.54) is 23.2 Å². The highest BCUT2D eigenvalue weighted by Crippen LogP contribution is 2.19. The number of nitrogens with one attached hydrogen (secondary N) is 2. The summed E-state index contributed by atoms with van der Waals surface area (Å²) in [6, 6.07) is 9.78. The van der Waals surface area contributed by atoms with Crippen molar-refractivity contribution in [1.82, 2.24) is 20.3 Å². The Kier molecular flexibility index (Phi) is 4.58. The lowest BCUT2D eigenvalue weighted by Crippen LogP contribution is -2.23. The van der Waals surface area contributed by atoms with E-state index < -0.39 is 0 Å². The maximum Gasteiger partial charge on any atom is 0.271 e. The Labute approximate surface area is 137 Å². The molecule has 0 fully saturated rings. The van der Waals surface area contributed by atoms with Gasteiger partial charge in [0.1, 0.15) is 17.8 Å². The highest BCUT2D eigenvalue weighted by Gasteiger charge is 2.10. The molecule has 0 aliphatic carbocycles. The molecule has 0 saturated carbocycles. The van der Waals surface area contributed by atoms with Crippen LogP contribution in [0.15, 0.2) is 48.2 Å². The molecule has 0 spiro atoms. The van der Waals surface area contributed by atoms with Crippen molar-refractivity contribution in [2.24, 2.45) is 0 Å². The number of aryl methyl sites for hydroxylation is 1. The van der Waals surface area contributed by atoms with Crippen molar-refractivity contribution in [3.63, 3.8) is 0 Å². The fraction of sp³-hybridized carbons (Fsp3) is 0.125. The first-order valence-corrected chi connectivity index (χ1v) is 7.91. The normalized spacial score (nSPS) is 10.3. The Morgan fingerprint density at radius 1 is 1.22 bits per heavy atom. The summed E-state index contributed by atoms with van der Waals surface area (Å²) in [6.45, 7) is 2.51. The van der Waals surface area contributed by atoms with Gasteiger partial charge in [-0.2, -0.15) is 0 Å². The van der Waals surface area contributed by atoms with Crippen molar-refractivity contribution in [3.05, 3.63) is 65.1 Å². The van der Waals surface area contributed by atoms with E-state index in [-0.39, 0.29) is 5.91 Å². The van der Waals surface area contributed by atoms with E-state index in [1.807, 2.05) is 31.2 Å². The van der Waals surface area contributed by atoms with Gasteiger partial charge in [-0.3, -0.25) is 4.79 Å². The van der Waals surface area contributed by atoms with Gasteiger partial charge in [0, 0.05) is 18.1 Å². The van der Waals surface area contributed by atoms with Gasteiger partial charge < -0.3 is 10.6 Å². The number of aromatic nitrogens is 3. The lowest BCUT2D eigenvalue weighted by molar-refractivity contribution is 0.0946. The molecule has 7 heteroatoms. The minimum absolute atomic E-state index is 0.197. The molecule has 3 rings (SSSR count). The Morgan fingerprint density at radius 3 is 2.78 bits per heavy atom. The Hall–Kier alpha value is -2.80. The van der Waals surface area contributed by atoms with E-state index in [1.54, 1.807) is 17.6 Å². The summed E-state index contributed by atoms with van der Waals surface area (Å²) in [5.41, 5.74) is 2.64. The molecule has 0 aliphatic heterocycles. The van der Waals surface area contributed by atoms with Gasteiger partial charge in [0.2, 0.25) is 0 Å². The first-order chi connectivity index (χ1) is 11.2. The molecule has 0 radical (unpaired) electrons. The number of hydrogen-bond donors (Lipinski definition) is 2. The van der Waals surface area contributed by atoms with Crippen LogP contribution in [-0.2, 0) is 6.54 Å². The average Bonchev–Trinajstić information content (AvgIpc) is 3.03. The van der Waals surface area contributed by atoms with Crippen LogP contribution < -0.4 is 10.6 Å². The maximum absolute atomic E-state index is 12.1. The third-order valence-electron chi connectivity index (χ3n) is 3.13. The van der Waals surface area contributed by atoms with E-state index >= 15 is 0 Å². The van der Waals surface area contributed by atoms with Crippen LogP contribution in [0.1, 0.15) is 21.6 Å². The standard InChI is InChI=1S/C16H15N5OS/c1-11-2-4-12(5-3-11)8-18-15(22)13-9-23-16(20-13)21-14-6-7-17-10-19-14/h2-7,9-10H,8H2,1H3,(H,18,22)(H,17,19,20,21). The van der Waals surface area contributed by atoms with Crippen molar-refractivity contribution in [2.75, 3.05) is 5.32 Å². The molecular weight excluding hydrogens is 310 g/mol. The summed E-state index contributed by atoms with van der Waals surface area (Å²) in [7, 11) is 0. The second-order valence-electron chi connectivity index (χ2n) is 4.93. The second-order valence-corrected chi connectivity index (χ2v) is 5.78. The monoisotopic (exact) mass is 325 g/mol. The van der Waals surface area contributed by atoms with Gasteiger partial charge in [0.05, 0.1) is 0 Å². The Bertz CT molecular complexity index is 786. The molecule has 0 bridgehead atoms. The lowest BCUT2D eigenvalue weighted by Gasteiger charge is -2.04. The molecule has 0 aliphatic rings. The molecular formula is C16H15N5OS. The third-order valence-corrected chi connectivity index (χ3v) is 3.89. The van der Waals surface area contributed by atoms with Gasteiger partial charge in [-0.15, -0.1) is 11.3 Å². The first kappa shape index (κ1) is 15.1. The predicted octanol–water partition coefficient (Wildman–Crippen LogP) is 2.92. The highest BCUT2D eigenvalue weighted by molar-refractivity contribution is 7.14. The smallest absolute Gasteiger partial charge is 0.271 e. The van der Waals surface area contributed by atoms with Crippen molar-refractivity contribution >= 4 is 28.2 Å². The SMILES string of the molecule is Cc1ccc(CNC(=O)c2csc(Nc3ccncn3)n2)cc1. The van der Waals surface area contributed by atoms with Crippen LogP contribution in [0.3, 0.4) is 0 Å². The van der Waals surface area contributed by atoms with Gasteiger partial charge in [0.15, 0.2) is 5.13 Å². The number of nitrogens with zero attached hydrogens (tertiary/aromatic N) is 3. The van der Waals surface area contributed by atoms with Gasteiger partial charge in [0.25, 0.3) is 5.91 Å². The highest BCUT2D eigenvalue weighted by atomic mass is 32.1. The topological polar surface area (TPSA) is 79.8 Å². The molecule has 2 heterocycles. The molecule has 0 saturated heterocycles. The van der Waals surface area contributed by atoms with Crippen LogP contribution in [0.25, 0.3) is 0 Å². The number of hydrogen-bond acceptors (Lipinski definition) is 6. The summed E-state index contributed by atoms with van der Waals surface area (Å²) >= 11 is 1.35. The van der Waals surface area contributed by atoms with Crippen LogP contribution in [0.4, 0.5) is 10.9 Å². The van der Waals surface area contributed by atoms with E-state index in [0.717, 1.165) is 5.56 Å². The van der Waals surface area contributed by atoms with E-state index in [9.17, 15) is 4.79 Å². The van der Waals surface area contributed by atoms with Gasteiger partial charge >= 0.3 is 0 Å². The fourth-order valence-corrected chi connectivity index (χ4v) is 2.59. The Balaban J connectivity index is 1.59. The molecule has 23 heavy (non-hydrogen) atoms. The summed E-state index contributed by atoms with van der Waals surface area (Å²) in [6.07, 6.45) is 3.09. The van der Waals surface area contributed by atoms with E-state index in [4.69, 9.17) is 0 Å². The van der Waals surface area contributed by atoms with Crippen LogP contribution in [0, 0.1) is 6.92 Å². The number of amides is 1. The van der Waals surface area contributed by atoms with Crippen LogP contribution in [-0.4, -0.2) is 20.9 Å². The minimum Gasteiger partial charge on any atom is -0.347 e. The van der Waals surface area contributed by atoms with Gasteiger partial charge in [-0.05, 0) is 18.6 Å². The largest absolute Gasteiger partial charge is 0.347 e. The summed E-state index contributed by atoms with van der Waals surface area (Å²) in [4.78, 5) is 24.3. The van der Waals surface area contributed by atoms with Crippen molar-refractivity contribution < 1.29 is 4.79 Å². The third kappa shape index (κ3) is 4.10. The lowest BCUT2D eigenvalue weighted by atomic mass is 10.1. The summed E-state index contributed by atoms with van der Waals surface area (Å²) in [5, 5.41) is 8.23. The first-order valence-electron chi connectivity index (χ1n) is 7.03. The van der Waals surface area contributed by atoms with E-state index in [0.29, 0.717) is 23.2 Å². The molecule has 3 aromatic rings. The number of benzene rings is 1. The molecule has 1 aromatic carbocycles. The summed E-state index contributed by atoms with van der Waals surface area (Å²) < 4.78 is 0. The van der Waals surface area contributed by atoms with Gasteiger partial charge in [-0.25, -0.2) is 15.0 Å². The van der Waals surface area contributed by atoms with Crippen molar-refractivity contribution in [2.45, 2.75) is 13.5 Å². The van der Waals surface area contributed by atoms with Crippen LogP contribution in [0.5, 0.6) is 0 Å². The zero-order valence-corrected chi connectivity index (χ0v) is 13.3. The zero-order valence-electron chi connectivity index (χ0n) is 12.5. The van der Waals surface area contributed by atoms with Crippen LogP contribution >= 0.6 is 11.3 Å². The predicted molar refractivity (Wildman–Crippen MR) is 89.8 cm³/mol. The van der Waals surface area contributed by atoms with Crippen molar-refractivity contribution in [1.29, 1.82) is 0 Å². The number of anilines is 2. The Morgan fingerprint density at radius 2 is 2.04 bits per heavy atom. The van der Waals surface area contributed by atoms with Crippen LogP contribution in [0.2, 0.25) is 0 Å². The minimum atomic E-state index is -0.197. The average molecular weight is 325 g/mol. The summed E-state index contributed by atoms with van der Waals surface area (Å²) in [5.74, 6) is 0.443. The number of thiazole rings is 1. The molecule has 6 nitrogen and oxygen atoms in total. The number of rotatable bonds is 5. The maximum atomic E-state index is 12.1. The van der Waals surface area contributed by atoms with Crippen molar-refractivity contribution in [3.8, 4) is 0 Å². The molecule has 0 unspecified atom stereocenters. The molecule has 116 valence electrons. The van der Waals surface area contributed by atoms with Gasteiger partial charge in [-0.1, -0.05) is 29.8 Å². The number of carbonyl (C=O) groups excluding carboxylic acids is 1. The zero-order chi connectivity index (χ0) is 16.1. The fourth-order valence-electron chi connectivity index (χ4n) is 1.89. The molecule has 1 amide bonds. The second kappa shape index (κ2) is 6.97. The number of carbonyl (C=O) groups is 1. The quantitative estimate of drug-likeness (QED) is 0.754. The molecule has 0 atom stereocenters. The molecule has 2 N–H and O–H groups in total. The van der Waals surface area contributed by atoms with E-state index in [2.05, 4.69) is 25.6 Å².